The van der Waals surface area contributed by atoms with Crippen LogP contribution in [0.1, 0.15) is 17.4 Å². The van der Waals surface area contributed by atoms with E-state index < -0.39 is 6.10 Å². The molecule has 0 saturated carbocycles. The average molecular weight is 186 g/mol. The largest absolute Gasteiger partial charge is 0.392 e. The van der Waals surface area contributed by atoms with Crippen LogP contribution in [0.2, 0.25) is 0 Å². The van der Waals surface area contributed by atoms with Gasteiger partial charge in [-0.3, -0.25) is 4.79 Å². The van der Waals surface area contributed by atoms with E-state index in [9.17, 15) is 4.79 Å². The van der Waals surface area contributed by atoms with Crippen LogP contribution in [-0.2, 0) is 0 Å². The summed E-state index contributed by atoms with van der Waals surface area (Å²) < 4.78 is 0. The monoisotopic (exact) mass is 186 g/mol. The van der Waals surface area contributed by atoms with Crippen LogP contribution in [0.4, 0.5) is 0 Å². The third kappa shape index (κ3) is 2.60. The van der Waals surface area contributed by atoms with E-state index in [1.807, 2.05) is 0 Å². The molecule has 1 rings (SSSR count). The summed E-state index contributed by atoms with van der Waals surface area (Å²) in [7, 11) is 0. The Morgan fingerprint density at radius 1 is 1.92 bits per heavy atom. The molecule has 5 heteroatoms. The molecule has 0 saturated heterocycles. The van der Waals surface area contributed by atoms with Crippen molar-refractivity contribution in [2.24, 2.45) is 0 Å². The summed E-state index contributed by atoms with van der Waals surface area (Å²) in [4.78, 5) is 15.0. The number of rotatable bonds is 3. The molecule has 1 aromatic heterocycles. The number of nitrogens with zero attached hydrogens (tertiary/aromatic N) is 1. The molecular weight excluding hydrogens is 176 g/mol. The summed E-state index contributed by atoms with van der Waals surface area (Å²) in [5.41, 5.74) is 2.00. The fourth-order valence-electron chi connectivity index (χ4n) is 0.656. The van der Waals surface area contributed by atoms with Gasteiger partial charge in [0.15, 0.2) is 0 Å². The van der Waals surface area contributed by atoms with Crippen LogP contribution in [0.15, 0.2) is 10.9 Å². The summed E-state index contributed by atoms with van der Waals surface area (Å²) in [5.74, 6) is -0.239. The zero-order valence-corrected chi connectivity index (χ0v) is 7.47. The van der Waals surface area contributed by atoms with Gasteiger partial charge in [-0.2, -0.15) is 0 Å². The van der Waals surface area contributed by atoms with E-state index in [1.165, 1.54) is 11.3 Å². The van der Waals surface area contributed by atoms with Gasteiger partial charge in [0.05, 0.1) is 11.6 Å². The molecule has 1 heterocycles. The molecule has 0 aliphatic carbocycles. The van der Waals surface area contributed by atoms with Crippen molar-refractivity contribution in [3.63, 3.8) is 0 Å². The molecule has 0 spiro atoms. The van der Waals surface area contributed by atoms with Crippen LogP contribution < -0.4 is 5.32 Å². The number of aliphatic hydroxyl groups excluding tert-OH is 1. The van der Waals surface area contributed by atoms with Gasteiger partial charge in [0.25, 0.3) is 5.91 Å². The highest BCUT2D eigenvalue weighted by Gasteiger charge is 2.06. The first-order valence-electron chi connectivity index (χ1n) is 3.54. The lowest BCUT2D eigenvalue weighted by Gasteiger charge is -2.04. The van der Waals surface area contributed by atoms with Crippen molar-refractivity contribution in [2.45, 2.75) is 13.0 Å². The Balaban J connectivity index is 2.40. The number of thiazole rings is 1. The van der Waals surface area contributed by atoms with Crippen LogP contribution >= 0.6 is 11.3 Å². The van der Waals surface area contributed by atoms with Crippen molar-refractivity contribution in [2.75, 3.05) is 6.54 Å². The smallest absolute Gasteiger partial charge is 0.270 e. The van der Waals surface area contributed by atoms with Gasteiger partial charge in [-0.15, -0.1) is 11.3 Å². The minimum atomic E-state index is -0.521. The fraction of sp³-hybridized carbons (Fsp3) is 0.429. The van der Waals surface area contributed by atoms with Gasteiger partial charge in [0, 0.05) is 11.9 Å². The molecule has 0 radical (unpaired) electrons. The van der Waals surface area contributed by atoms with E-state index in [0.29, 0.717) is 5.69 Å². The SMILES string of the molecule is C[C@H](O)CNC(=O)c1cscn1. The zero-order valence-electron chi connectivity index (χ0n) is 6.65. The highest BCUT2D eigenvalue weighted by Crippen LogP contribution is 1.99. The second-order valence-electron chi connectivity index (χ2n) is 2.43. The number of carbonyl (C=O) groups excluding carboxylic acids is 1. The summed E-state index contributed by atoms with van der Waals surface area (Å²) >= 11 is 1.37. The number of nitrogens with one attached hydrogen (secondary N) is 1. The highest BCUT2D eigenvalue weighted by atomic mass is 32.1. The normalized spacial score (nSPS) is 12.5. The van der Waals surface area contributed by atoms with E-state index in [2.05, 4.69) is 10.3 Å². The Kier molecular flexibility index (Phi) is 3.19. The number of amides is 1. The van der Waals surface area contributed by atoms with Crippen molar-refractivity contribution >= 4 is 17.2 Å². The second-order valence-corrected chi connectivity index (χ2v) is 3.15. The van der Waals surface area contributed by atoms with E-state index in [4.69, 9.17) is 5.11 Å². The molecule has 4 nitrogen and oxygen atoms in total. The lowest BCUT2D eigenvalue weighted by atomic mass is 10.4. The van der Waals surface area contributed by atoms with Crippen LogP contribution in [0.5, 0.6) is 0 Å². The van der Waals surface area contributed by atoms with Gasteiger partial charge in [-0.1, -0.05) is 0 Å². The molecule has 66 valence electrons. The third-order valence-electron chi connectivity index (χ3n) is 1.22. The van der Waals surface area contributed by atoms with E-state index in [-0.39, 0.29) is 12.5 Å². The molecule has 0 aliphatic rings. The minimum Gasteiger partial charge on any atom is -0.392 e. The third-order valence-corrected chi connectivity index (χ3v) is 1.81. The first-order chi connectivity index (χ1) is 5.70. The van der Waals surface area contributed by atoms with Crippen molar-refractivity contribution < 1.29 is 9.90 Å². The van der Waals surface area contributed by atoms with Crippen molar-refractivity contribution in [1.82, 2.24) is 10.3 Å². The van der Waals surface area contributed by atoms with Gasteiger partial charge < -0.3 is 10.4 Å². The summed E-state index contributed by atoms with van der Waals surface area (Å²) in [5, 5.41) is 13.1. The lowest BCUT2D eigenvalue weighted by molar-refractivity contribution is 0.0920. The topological polar surface area (TPSA) is 62.2 Å². The van der Waals surface area contributed by atoms with Crippen molar-refractivity contribution in [3.8, 4) is 0 Å². The molecule has 0 aromatic carbocycles. The molecule has 1 aromatic rings. The molecule has 1 atom stereocenters. The van der Waals surface area contributed by atoms with Crippen LogP contribution in [-0.4, -0.2) is 28.6 Å². The summed E-state index contributed by atoms with van der Waals surface area (Å²) in [6, 6.07) is 0. The average Bonchev–Trinajstić information content (AvgIpc) is 2.51. The molecule has 1 amide bonds. The molecule has 0 aliphatic heterocycles. The predicted octanol–water partition coefficient (Wildman–Crippen LogP) is 0.254. The lowest BCUT2D eigenvalue weighted by Crippen LogP contribution is -2.30. The minimum absolute atomic E-state index is 0.239. The molecule has 12 heavy (non-hydrogen) atoms. The first-order valence-corrected chi connectivity index (χ1v) is 4.49. The van der Waals surface area contributed by atoms with Crippen LogP contribution in [0, 0.1) is 0 Å². The molecule has 0 unspecified atom stereocenters. The van der Waals surface area contributed by atoms with Gasteiger partial charge in [0.2, 0.25) is 0 Å². The molecule has 0 fully saturated rings. The van der Waals surface area contributed by atoms with Gasteiger partial charge >= 0.3 is 0 Å². The molecule has 2 N–H and O–H groups in total. The van der Waals surface area contributed by atoms with Crippen molar-refractivity contribution in [3.05, 3.63) is 16.6 Å². The molecular formula is C7H10N2O2S. The molecule has 0 bridgehead atoms. The Bertz CT molecular complexity index is 246. The summed E-state index contributed by atoms with van der Waals surface area (Å²) in [6.07, 6.45) is -0.521. The predicted molar refractivity (Wildman–Crippen MR) is 46.1 cm³/mol. The Hall–Kier alpha value is -0.940. The van der Waals surface area contributed by atoms with E-state index in [1.54, 1.807) is 17.8 Å². The van der Waals surface area contributed by atoms with Crippen LogP contribution in [0.25, 0.3) is 0 Å². The number of carbonyl (C=O) groups is 1. The summed E-state index contributed by atoms with van der Waals surface area (Å²) in [6.45, 7) is 1.87. The number of aromatic nitrogens is 1. The number of hydrogen-bond acceptors (Lipinski definition) is 4. The van der Waals surface area contributed by atoms with Crippen LogP contribution in [0.3, 0.4) is 0 Å². The Labute approximate surface area is 74.3 Å². The maximum absolute atomic E-state index is 11.1. The van der Waals surface area contributed by atoms with Gasteiger partial charge in [0.1, 0.15) is 5.69 Å². The van der Waals surface area contributed by atoms with Crippen molar-refractivity contribution in [1.29, 1.82) is 0 Å². The maximum Gasteiger partial charge on any atom is 0.270 e. The fourth-order valence-corrected chi connectivity index (χ4v) is 1.19. The van der Waals surface area contributed by atoms with Gasteiger partial charge in [-0.25, -0.2) is 4.98 Å². The van der Waals surface area contributed by atoms with E-state index in [0.717, 1.165) is 0 Å². The highest BCUT2D eigenvalue weighted by molar-refractivity contribution is 7.07. The van der Waals surface area contributed by atoms with E-state index >= 15 is 0 Å². The second kappa shape index (κ2) is 4.18. The maximum atomic E-state index is 11.1. The number of hydrogen-bond donors (Lipinski definition) is 2. The quantitative estimate of drug-likeness (QED) is 0.711. The standard InChI is InChI=1S/C7H10N2O2S/c1-5(10)2-8-7(11)6-3-12-4-9-6/h3-5,10H,2H2,1H3,(H,8,11)/t5-/m0/s1. The Morgan fingerprint density at radius 3 is 3.17 bits per heavy atom. The van der Waals surface area contributed by atoms with Gasteiger partial charge in [-0.05, 0) is 6.92 Å². The Morgan fingerprint density at radius 2 is 2.67 bits per heavy atom. The zero-order chi connectivity index (χ0) is 8.97. The number of aliphatic hydroxyl groups is 1. The first kappa shape index (κ1) is 9.15.